The third-order valence-corrected chi connectivity index (χ3v) is 1.54. The molecule has 0 aliphatic heterocycles. The quantitative estimate of drug-likeness (QED) is 0.330. The Morgan fingerprint density at radius 2 is 2.00 bits per heavy atom. The van der Waals surface area contributed by atoms with Crippen LogP contribution in [-0.4, -0.2) is 35.7 Å². The maximum absolute atomic E-state index is 11.0. The second-order valence-electron chi connectivity index (χ2n) is 2.87. The highest BCUT2D eigenvalue weighted by molar-refractivity contribution is 5.62. The van der Waals surface area contributed by atoms with Crippen LogP contribution in [0.1, 0.15) is 0 Å². The molecule has 6 nitrogen and oxygen atoms in total. The van der Waals surface area contributed by atoms with Crippen LogP contribution in [0.5, 0.6) is 5.75 Å². The molecule has 1 rings (SSSR count). The highest BCUT2D eigenvalue weighted by Gasteiger charge is 2.09. The van der Waals surface area contributed by atoms with Crippen LogP contribution in [-0.2, 0) is 9.78 Å². The summed E-state index contributed by atoms with van der Waals surface area (Å²) in [5.74, 6) is 0.318. The number of hydrogen-bond acceptors (Lipinski definition) is 6. The van der Waals surface area contributed by atoms with Crippen LogP contribution in [0.15, 0.2) is 30.3 Å². The standard InChI is InChI=1S/C10H12O6/c11-6-8(12)7-14-16-10(13)15-9-4-2-1-3-5-9/h1-5,8,11-12H,6-7H2. The summed E-state index contributed by atoms with van der Waals surface area (Å²) >= 11 is 0. The van der Waals surface area contributed by atoms with E-state index in [-0.39, 0.29) is 6.61 Å². The lowest BCUT2D eigenvalue weighted by Gasteiger charge is -2.06. The van der Waals surface area contributed by atoms with Crippen LogP contribution in [0.3, 0.4) is 0 Å². The molecule has 0 radical (unpaired) electrons. The van der Waals surface area contributed by atoms with Gasteiger partial charge in [0.2, 0.25) is 0 Å². The summed E-state index contributed by atoms with van der Waals surface area (Å²) in [6.45, 7) is -0.794. The van der Waals surface area contributed by atoms with Crippen molar-refractivity contribution >= 4 is 6.16 Å². The third-order valence-electron chi connectivity index (χ3n) is 1.54. The van der Waals surface area contributed by atoms with Crippen molar-refractivity contribution in [2.75, 3.05) is 13.2 Å². The van der Waals surface area contributed by atoms with Crippen molar-refractivity contribution in [1.82, 2.24) is 0 Å². The molecule has 1 unspecified atom stereocenters. The van der Waals surface area contributed by atoms with E-state index in [4.69, 9.17) is 14.9 Å². The van der Waals surface area contributed by atoms with Crippen LogP contribution >= 0.6 is 0 Å². The number of carbonyl (C=O) groups is 1. The van der Waals surface area contributed by atoms with E-state index in [0.29, 0.717) is 5.75 Å². The van der Waals surface area contributed by atoms with E-state index in [9.17, 15) is 4.79 Å². The maximum atomic E-state index is 11.0. The fourth-order valence-corrected chi connectivity index (χ4v) is 0.815. The minimum atomic E-state index is -1.09. The van der Waals surface area contributed by atoms with E-state index in [1.807, 2.05) is 0 Å². The third kappa shape index (κ3) is 4.74. The Hall–Kier alpha value is -1.63. The van der Waals surface area contributed by atoms with Crippen molar-refractivity contribution in [2.45, 2.75) is 6.10 Å². The van der Waals surface area contributed by atoms with Gasteiger partial charge in [-0.15, -0.1) is 0 Å². The summed E-state index contributed by atoms with van der Waals surface area (Å²) in [6, 6.07) is 8.30. The number of aliphatic hydroxyl groups is 2. The molecule has 0 aromatic heterocycles. The van der Waals surface area contributed by atoms with Crippen LogP contribution in [0.2, 0.25) is 0 Å². The Morgan fingerprint density at radius 3 is 2.62 bits per heavy atom. The number of ether oxygens (including phenoxy) is 1. The van der Waals surface area contributed by atoms with Gasteiger partial charge >= 0.3 is 6.16 Å². The first kappa shape index (κ1) is 12.4. The van der Waals surface area contributed by atoms with E-state index in [1.165, 1.54) is 0 Å². The van der Waals surface area contributed by atoms with Gasteiger partial charge in [0.25, 0.3) is 0 Å². The minimum absolute atomic E-state index is 0.318. The summed E-state index contributed by atoms with van der Waals surface area (Å²) < 4.78 is 4.70. The fourth-order valence-electron chi connectivity index (χ4n) is 0.815. The van der Waals surface area contributed by atoms with E-state index in [0.717, 1.165) is 0 Å². The zero-order chi connectivity index (χ0) is 11.8. The van der Waals surface area contributed by atoms with E-state index in [1.54, 1.807) is 30.3 Å². The summed E-state index contributed by atoms with van der Waals surface area (Å²) in [7, 11) is 0. The van der Waals surface area contributed by atoms with Gasteiger partial charge in [0.05, 0.1) is 6.61 Å². The molecule has 0 amide bonds. The van der Waals surface area contributed by atoms with Gasteiger partial charge in [-0.1, -0.05) is 18.2 Å². The zero-order valence-corrected chi connectivity index (χ0v) is 8.41. The number of hydrogen-bond donors (Lipinski definition) is 2. The molecule has 1 aromatic carbocycles. The number of carbonyl (C=O) groups excluding carboxylic acids is 1. The van der Waals surface area contributed by atoms with Gasteiger partial charge in [0.1, 0.15) is 18.5 Å². The first-order valence-electron chi connectivity index (χ1n) is 4.57. The Labute approximate surface area is 91.9 Å². The molecule has 0 aliphatic rings. The molecule has 1 atom stereocenters. The maximum Gasteiger partial charge on any atom is 0.546 e. The summed E-state index contributed by atoms with van der Waals surface area (Å²) in [4.78, 5) is 19.5. The molecule has 0 spiro atoms. The first-order chi connectivity index (χ1) is 7.72. The Kier molecular flexibility index (Phi) is 5.27. The second kappa shape index (κ2) is 6.78. The lowest BCUT2D eigenvalue weighted by atomic mass is 10.3. The molecular weight excluding hydrogens is 216 g/mol. The monoisotopic (exact) mass is 228 g/mol. The summed E-state index contributed by atoms with van der Waals surface area (Å²) in [6.07, 6.45) is -2.14. The van der Waals surface area contributed by atoms with Crippen molar-refractivity contribution < 1.29 is 29.5 Å². The number of benzene rings is 1. The molecule has 0 fully saturated rings. The topological polar surface area (TPSA) is 85.2 Å². The van der Waals surface area contributed by atoms with Crippen molar-refractivity contribution in [3.8, 4) is 5.75 Å². The van der Waals surface area contributed by atoms with Crippen LogP contribution < -0.4 is 4.74 Å². The number of rotatable bonds is 5. The van der Waals surface area contributed by atoms with Crippen LogP contribution in [0, 0.1) is 0 Å². The lowest BCUT2D eigenvalue weighted by Crippen LogP contribution is -2.21. The van der Waals surface area contributed by atoms with Crippen LogP contribution in [0.25, 0.3) is 0 Å². The molecule has 0 saturated heterocycles. The molecular formula is C10H12O6. The molecule has 0 saturated carbocycles. The fraction of sp³-hybridized carbons (Fsp3) is 0.300. The highest BCUT2D eigenvalue weighted by atomic mass is 17.2. The highest BCUT2D eigenvalue weighted by Crippen LogP contribution is 2.09. The van der Waals surface area contributed by atoms with E-state index in [2.05, 4.69) is 9.78 Å². The van der Waals surface area contributed by atoms with Crippen molar-refractivity contribution in [3.63, 3.8) is 0 Å². The van der Waals surface area contributed by atoms with Crippen molar-refractivity contribution in [2.24, 2.45) is 0 Å². The SMILES string of the molecule is O=C(OOCC(O)CO)Oc1ccccc1. The lowest BCUT2D eigenvalue weighted by molar-refractivity contribution is -0.263. The van der Waals surface area contributed by atoms with Gasteiger partial charge in [-0.25, -0.2) is 4.79 Å². The van der Waals surface area contributed by atoms with Gasteiger partial charge < -0.3 is 14.9 Å². The Balaban J connectivity index is 2.21. The molecule has 1 aromatic rings. The predicted molar refractivity (Wildman–Crippen MR) is 52.6 cm³/mol. The van der Waals surface area contributed by atoms with E-state index < -0.39 is 18.9 Å². The molecule has 2 N–H and O–H groups in total. The molecule has 0 heterocycles. The summed E-state index contributed by atoms with van der Waals surface area (Å²) in [5.41, 5.74) is 0. The molecule has 16 heavy (non-hydrogen) atoms. The zero-order valence-electron chi connectivity index (χ0n) is 8.41. The van der Waals surface area contributed by atoms with Gasteiger partial charge in [-0.3, -0.25) is 4.89 Å². The molecule has 6 heteroatoms. The average molecular weight is 228 g/mol. The molecule has 88 valence electrons. The van der Waals surface area contributed by atoms with Gasteiger partial charge in [0.15, 0.2) is 0 Å². The Bertz CT molecular complexity index is 312. The average Bonchev–Trinajstić information content (AvgIpc) is 2.30. The second-order valence-corrected chi connectivity index (χ2v) is 2.87. The van der Waals surface area contributed by atoms with Gasteiger partial charge in [-0.05, 0) is 12.1 Å². The number of para-hydroxylation sites is 1. The normalized spacial score (nSPS) is 11.9. The van der Waals surface area contributed by atoms with Crippen molar-refractivity contribution in [1.29, 1.82) is 0 Å². The first-order valence-corrected chi connectivity index (χ1v) is 4.57. The summed E-state index contributed by atoms with van der Waals surface area (Å²) in [5, 5.41) is 17.3. The number of aliphatic hydroxyl groups excluding tert-OH is 2. The predicted octanol–water partition coefficient (Wildman–Crippen LogP) is 0.487. The van der Waals surface area contributed by atoms with Crippen LogP contribution in [0.4, 0.5) is 4.79 Å². The van der Waals surface area contributed by atoms with E-state index >= 15 is 0 Å². The van der Waals surface area contributed by atoms with Gasteiger partial charge in [-0.2, -0.15) is 4.89 Å². The minimum Gasteiger partial charge on any atom is -0.394 e. The Morgan fingerprint density at radius 1 is 1.31 bits per heavy atom. The largest absolute Gasteiger partial charge is 0.546 e. The van der Waals surface area contributed by atoms with Gasteiger partial charge in [0, 0.05) is 0 Å². The van der Waals surface area contributed by atoms with Crippen molar-refractivity contribution in [3.05, 3.63) is 30.3 Å². The molecule has 0 bridgehead atoms. The smallest absolute Gasteiger partial charge is 0.394 e. The molecule has 0 aliphatic carbocycles.